The van der Waals surface area contributed by atoms with E-state index < -0.39 is 51.7 Å². The van der Waals surface area contributed by atoms with Crippen molar-refractivity contribution in [3.8, 4) is 0 Å². The highest BCUT2D eigenvalue weighted by Crippen LogP contribution is 2.40. The van der Waals surface area contributed by atoms with E-state index in [0.717, 1.165) is 12.8 Å². The van der Waals surface area contributed by atoms with Crippen molar-refractivity contribution in [3.63, 3.8) is 0 Å². The minimum absolute atomic E-state index is 0.00121. The quantitative estimate of drug-likeness (QED) is 0.0262. The number of hydrogen-bond acceptors (Lipinski definition) is 22. The summed E-state index contributed by atoms with van der Waals surface area (Å²) in [5.74, 6) is -7.08. The van der Waals surface area contributed by atoms with Crippen LogP contribution in [-0.4, -0.2) is 247 Å². The Labute approximate surface area is 545 Å². The highest BCUT2D eigenvalue weighted by molar-refractivity contribution is 5.95. The molecule has 0 aliphatic heterocycles. The number of amides is 5. The lowest BCUT2D eigenvalue weighted by molar-refractivity contribution is -0.144. The van der Waals surface area contributed by atoms with Crippen molar-refractivity contribution in [2.75, 3.05) is 179 Å². The largest absolute Gasteiger partial charge is 0.464 e. The zero-order valence-electron chi connectivity index (χ0n) is 58.0. The molecular formula is C64H125N15O12. The number of carbonyl (C=O) groups is 10. The molecule has 4 atom stereocenters. The summed E-state index contributed by atoms with van der Waals surface area (Å²) in [6.07, 6.45) is 1.37. The molecule has 91 heavy (non-hydrogen) atoms. The van der Waals surface area contributed by atoms with Crippen LogP contribution in [0.25, 0.3) is 0 Å². The zero-order valence-corrected chi connectivity index (χ0v) is 58.0. The molecule has 0 saturated heterocycles. The Morgan fingerprint density at radius 3 is 1.13 bits per heavy atom. The van der Waals surface area contributed by atoms with E-state index in [1.165, 1.54) is 0 Å². The summed E-state index contributed by atoms with van der Waals surface area (Å²) in [6.45, 7) is 24.2. The van der Waals surface area contributed by atoms with Crippen LogP contribution in [0.2, 0.25) is 0 Å². The first-order chi connectivity index (χ1) is 43.1. The van der Waals surface area contributed by atoms with E-state index in [0.29, 0.717) is 144 Å². The molecule has 0 aliphatic rings. The van der Waals surface area contributed by atoms with E-state index in [4.69, 9.17) is 20.9 Å². The minimum Gasteiger partial charge on any atom is -0.464 e. The van der Waals surface area contributed by atoms with Crippen molar-refractivity contribution in [2.24, 2.45) is 51.4 Å². The Morgan fingerprint density at radius 2 is 0.725 bits per heavy atom. The number of nitrogens with two attached hydrogens (primary N) is 2. The number of carbonyl (C=O) groups excluding carboxylic acids is 10. The molecule has 528 valence electrons. The number of Topliss-reactive ketones (excluding diaryl/α,β-unsaturated/α-hetero) is 3. The Morgan fingerprint density at radius 1 is 0.396 bits per heavy atom. The third-order valence-electron chi connectivity index (χ3n) is 15.6. The molecular weight excluding hydrogens is 1170 g/mol. The van der Waals surface area contributed by atoms with Crippen molar-refractivity contribution < 1.29 is 57.4 Å². The molecule has 0 radical (unpaired) electrons. The second-order valence-electron chi connectivity index (χ2n) is 26.0. The fourth-order valence-corrected chi connectivity index (χ4v) is 9.98. The van der Waals surface area contributed by atoms with Gasteiger partial charge in [0.25, 0.3) is 0 Å². The predicted octanol–water partition coefficient (Wildman–Crippen LogP) is -0.796. The Bertz CT molecular complexity index is 2120. The second-order valence-corrected chi connectivity index (χ2v) is 26.0. The first-order valence-corrected chi connectivity index (χ1v) is 33.3. The van der Waals surface area contributed by atoms with Gasteiger partial charge < -0.3 is 89.2 Å². The van der Waals surface area contributed by atoms with Gasteiger partial charge in [-0.05, 0) is 60.3 Å². The van der Waals surface area contributed by atoms with Crippen LogP contribution in [0.3, 0.4) is 0 Å². The third-order valence-corrected chi connectivity index (χ3v) is 15.6. The molecule has 0 bridgehead atoms. The van der Waals surface area contributed by atoms with Crippen LogP contribution in [-0.2, 0) is 57.4 Å². The normalized spacial score (nSPS) is 13.2. The Balaban J connectivity index is 6.57. The number of unbranched alkanes of at least 4 members (excludes halogenated alkanes) is 1. The summed E-state index contributed by atoms with van der Waals surface area (Å²) >= 11 is 0. The van der Waals surface area contributed by atoms with Gasteiger partial charge in [-0.1, -0.05) is 61.8 Å². The molecule has 0 saturated carbocycles. The van der Waals surface area contributed by atoms with E-state index >= 15 is 4.79 Å². The molecule has 15 N–H and O–H groups in total. The standard InChI is InChI=1S/C64H125N15O12/c1-13-15-20-75-61(89)51(44-55(83)74-33-29-69-23-18-65)46-63(5,6)53(81)42-50(60(88)77-35-31-70-24-19-66)47-64(7,8)58(86)49(43-54(82)73-34-30-71-27-25-67-21-16-56(84)90-39-37-78(9)10)45-62(3,4)52(80)41-48(14-2)59(87)76-36-32-72-28-26-68-22-17-57(85)91-40-38-79(11)12/h48-51,67-72H,13-47,65-66H2,1-12H3,(H,73,82)(H,74,83)(H,75,89)(H,76,87)(H,77,88). The maximum atomic E-state index is 15.3. The summed E-state index contributed by atoms with van der Waals surface area (Å²) in [5, 5.41) is 33.7. The molecule has 0 aromatic rings. The molecule has 0 aliphatic carbocycles. The SMILES string of the molecule is CCCCNC(=O)C(CC(=O)NCCNCCN)CC(C)(C)C(=O)CC(CC(C)(C)C(=O)C(CC(=O)NCCNCCNCCC(=O)OCCN(C)C)CC(C)(C)C(=O)CC(CC)C(=O)NCCNCCNCCC(=O)OCCN(C)C)C(=O)NCCNCCN. The molecule has 0 spiro atoms. The van der Waals surface area contributed by atoms with E-state index in [1.54, 1.807) is 41.5 Å². The van der Waals surface area contributed by atoms with Crippen molar-refractivity contribution in [3.05, 3.63) is 0 Å². The van der Waals surface area contributed by atoms with Gasteiger partial charge in [0.2, 0.25) is 29.5 Å². The molecule has 5 amide bonds. The number of likely N-dealkylation sites (N-methyl/N-ethyl adjacent to an activating group) is 2. The molecule has 0 fully saturated rings. The lowest BCUT2D eigenvalue weighted by atomic mass is 9.67. The van der Waals surface area contributed by atoms with Gasteiger partial charge in [0, 0.05) is 203 Å². The molecule has 0 rings (SSSR count). The number of rotatable bonds is 59. The van der Waals surface area contributed by atoms with Gasteiger partial charge in [0.15, 0.2) is 0 Å². The zero-order chi connectivity index (χ0) is 68.7. The van der Waals surface area contributed by atoms with Crippen LogP contribution in [0.5, 0.6) is 0 Å². The maximum absolute atomic E-state index is 15.3. The van der Waals surface area contributed by atoms with Gasteiger partial charge in [-0.2, -0.15) is 0 Å². The highest BCUT2D eigenvalue weighted by Gasteiger charge is 2.44. The summed E-state index contributed by atoms with van der Waals surface area (Å²) in [4.78, 5) is 141. The number of hydrogen-bond donors (Lipinski definition) is 13. The van der Waals surface area contributed by atoms with Crippen molar-refractivity contribution in [1.29, 1.82) is 0 Å². The van der Waals surface area contributed by atoms with Crippen LogP contribution >= 0.6 is 0 Å². The smallest absolute Gasteiger partial charge is 0.307 e. The fraction of sp³-hybridized carbons (Fsp3) is 0.844. The third kappa shape index (κ3) is 42.7. The maximum Gasteiger partial charge on any atom is 0.307 e. The van der Waals surface area contributed by atoms with Crippen LogP contribution < -0.4 is 70.0 Å². The van der Waals surface area contributed by atoms with Crippen LogP contribution in [0, 0.1) is 39.9 Å². The molecule has 0 aromatic carbocycles. The summed E-state index contributed by atoms with van der Waals surface area (Å²) in [7, 11) is 7.61. The number of ether oxygens (including phenoxy) is 2. The summed E-state index contributed by atoms with van der Waals surface area (Å²) in [5.41, 5.74) is 7.49. The number of nitrogens with one attached hydrogen (secondary N) is 11. The highest BCUT2D eigenvalue weighted by atomic mass is 16.5. The van der Waals surface area contributed by atoms with Gasteiger partial charge in [-0.25, -0.2) is 0 Å². The summed E-state index contributed by atoms with van der Waals surface area (Å²) in [6, 6.07) is 0. The van der Waals surface area contributed by atoms with Crippen LogP contribution in [0.4, 0.5) is 0 Å². The van der Waals surface area contributed by atoms with Gasteiger partial charge in [-0.15, -0.1) is 0 Å². The molecule has 4 unspecified atom stereocenters. The monoisotopic (exact) mass is 1300 g/mol. The second kappa shape index (κ2) is 50.4. The predicted molar refractivity (Wildman–Crippen MR) is 356 cm³/mol. The van der Waals surface area contributed by atoms with Gasteiger partial charge in [0.05, 0.1) is 12.8 Å². The minimum atomic E-state index is -1.35. The summed E-state index contributed by atoms with van der Waals surface area (Å²) < 4.78 is 10.4. The molecule has 27 nitrogen and oxygen atoms in total. The van der Waals surface area contributed by atoms with Gasteiger partial charge >= 0.3 is 11.9 Å². The average Bonchev–Trinajstić information content (AvgIpc) is 0.936. The Kier molecular flexibility index (Phi) is 47.6. The number of esters is 2. The van der Waals surface area contributed by atoms with Crippen molar-refractivity contribution >= 4 is 58.8 Å². The van der Waals surface area contributed by atoms with E-state index in [-0.39, 0.29) is 118 Å². The Hall–Kier alpha value is -5.10. The molecule has 0 aromatic heterocycles. The van der Waals surface area contributed by atoms with Crippen LogP contribution in [0.15, 0.2) is 0 Å². The number of ketones is 3. The number of nitrogens with zero attached hydrogens (tertiary/aromatic N) is 2. The van der Waals surface area contributed by atoms with E-state index in [9.17, 15) is 43.2 Å². The lowest BCUT2D eigenvalue weighted by Gasteiger charge is -2.35. The fourth-order valence-electron chi connectivity index (χ4n) is 9.98. The van der Waals surface area contributed by atoms with Gasteiger partial charge in [-0.3, -0.25) is 47.9 Å². The van der Waals surface area contributed by atoms with E-state index in [1.807, 2.05) is 51.8 Å². The van der Waals surface area contributed by atoms with Gasteiger partial charge in [0.1, 0.15) is 30.6 Å². The van der Waals surface area contributed by atoms with Crippen molar-refractivity contribution in [1.82, 2.24) is 68.3 Å². The molecule has 27 heteroatoms. The first kappa shape index (κ1) is 85.9. The van der Waals surface area contributed by atoms with E-state index in [2.05, 4.69) is 58.5 Å². The lowest BCUT2D eigenvalue weighted by Crippen LogP contribution is -2.44. The average molecular weight is 1300 g/mol. The van der Waals surface area contributed by atoms with Crippen LogP contribution in [0.1, 0.15) is 132 Å². The topological polar surface area (TPSA) is 380 Å². The molecule has 0 heterocycles. The first-order valence-electron chi connectivity index (χ1n) is 33.3. The van der Waals surface area contributed by atoms with Crippen molar-refractivity contribution in [2.45, 2.75) is 132 Å².